The van der Waals surface area contributed by atoms with Crippen molar-refractivity contribution in [3.8, 4) is 0 Å². The van der Waals surface area contributed by atoms with Gasteiger partial charge >= 0.3 is 0 Å². The van der Waals surface area contributed by atoms with E-state index in [1.165, 1.54) is 3.57 Å². The molecule has 0 N–H and O–H groups in total. The van der Waals surface area contributed by atoms with Crippen molar-refractivity contribution < 1.29 is 0 Å². The number of rotatable bonds is 2. The summed E-state index contributed by atoms with van der Waals surface area (Å²) in [5, 5.41) is -0.156. The summed E-state index contributed by atoms with van der Waals surface area (Å²) in [6.07, 6.45) is 0. The van der Waals surface area contributed by atoms with Crippen molar-refractivity contribution in [2.24, 2.45) is 0 Å². The van der Waals surface area contributed by atoms with Gasteiger partial charge in [0.25, 0.3) is 0 Å². The molecule has 0 nitrogen and oxygen atoms in total. The lowest BCUT2D eigenvalue weighted by atomic mass is 10.1. The summed E-state index contributed by atoms with van der Waals surface area (Å²) in [5.41, 5.74) is 2.18. The summed E-state index contributed by atoms with van der Waals surface area (Å²) in [7, 11) is 0. The first kappa shape index (κ1) is 14.8. The Balaban J connectivity index is 2.46. The molecular weight excluding hydrogens is 566 g/mol. The Hall–Kier alpha value is 1.38. The first-order chi connectivity index (χ1) is 7.99. The van der Waals surface area contributed by atoms with Crippen LogP contribution in [-0.4, -0.2) is 0 Å². The van der Waals surface area contributed by atoms with Crippen LogP contribution in [0, 0.1) is 3.57 Å². The molecule has 0 aliphatic carbocycles. The van der Waals surface area contributed by atoms with Crippen LogP contribution in [0.15, 0.2) is 36.3 Å². The smallest absolute Gasteiger partial charge is 0.0866 e. The minimum atomic E-state index is -0.156. The van der Waals surface area contributed by atoms with Gasteiger partial charge in [0.1, 0.15) is 0 Å². The maximum Gasteiger partial charge on any atom is 0.0866 e. The molecule has 1 heterocycles. The summed E-state index contributed by atoms with van der Waals surface area (Å²) in [4.78, 5) is 0. The lowest BCUT2D eigenvalue weighted by molar-refractivity contribution is 1.13. The summed E-state index contributed by atoms with van der Waals surface area (Å²) < 4.78 is 4.35. The van der Waals surface area contributed by atoms with E-state index in [1.54, 1.807) is 11.3 Å². The van der Waals surface area contributed by atoms with E-state index in [-0.39, 0.29) is 5.38 Å². The molecule has 0 radical (unpaired) electrons. The van der Waals surface area contributed by atoms with Gasteiger partial charge < -0.3 is 0 Å². The first-order valence-electron chi connectivity index (χ1n) is 4.53. The summed E-state index contributed by atoms with van der Waals surface area (Å²) in [5.74, 6) is 0. The Morgan fingerprint density at radius 1 is 1.12 bits per heavy atom. The molecular formula is C11H5Br3ClIS. The van der Waals surface area contributed by atoms with Gasteiger partial charge in [0, 0.05) is 13.6 Å². The Bertz CT molecular complexity index is 556. The van der Waals surface area contributed by atoms with Gasteiger partial charge in [-0.05, 0) is 84.3 Å². The van der Waals surface area contributed by atoms with Crippen LogP contribution in [0.2, 0.25) is 0 Å². The lowest BCUT2D eigenvalue weighted by Gasteiger charge is -2.11. The molecule has 0 amide bonds. The Kier molecular flexibility index (Phi) is 5.41. The number of benzene rings is 1. The fourth-order valence-electron chi connectivity index (χ4n) is 1.40. The normalized spacial score (nSPS) is 12.8. The zero-order valence-electron chi connectivity index (χ0n) is 8.18. The van der Waals surface area contributed by atoms with E-state index >= 15 is 0 Å². The molecule has 6 heteroatoms. The van der Waals surface area contributed by atoms with Crippen molar-refractivity contribution >= 4 is 93.3 Å². The maximum absolute atomic E-state index is 6.55. The molecule has 1 aromatic carbocycles. The highest BCUT2D eigenvalue weighted by atomic mass is 127. The van der Waals surface area contributed by atoms with E-state index in [1.807, 2.05) is 6.07 Å². The van der Waals surface area contributed by atoms with Gasteiger partial charge in [0.05, 0.1) is 12.9 Å². The van der Waals surface area contributed by atoms with Gasteiger partial charge in [0.15, 0.2) is 0 Å². The third-order valence-corrected chi connectivity index (χ3v) is 6.44. The van der Waals surface area contributed by atoms with E-state index in [0.717, 1.165) is 23.2 Å². The second-order valence-corrected chi connectivity index (χ2v) is 9.59. The van der Waals surface area contributed by atoms with Crippen LogP contribution in [0.3, 0.4) is 0 Å². The SMILES string of the molecule is ClC(c1cc(I)ccc1Br)c1cc(Br)sc1Br. The second-order valence-electron chi connectivity index (χ2n) is 3.31. The molecule has 1 atom stereocenters. The highest BCUT2D eigenvalue weighted by Crippen LogP contribution is 2.42. The zero-order valence-corrected chi connectivity index (χ0v) is 16.7. The first-order valence-corrected chi connectivity index (χ1v) is 9.24. The minimum absolute atomic E-state index is 0.156. The predicted octanol–water partition coefficient (Wildman–Crippen LogP) is 6.97. The number of thiophene rings is 1. The monoisotopic (exact) mass is 568 g/mol. The average Bonchev–Trinajstić information content (AvgIpc) is 2.60. The quantitative estimate of drug-likeness (QED) is 0.270. The average molecular weight is 571 g/mol. The molecule has 0 aliphatic heterocycles. The molecule has 2 aromatic rings. The standard InChI is InChI=1S/C11H5Br3ClIS/c12-8-2-1-5(16)3-6(8)10(15)7-4-9(13)17-11(7)14/h1-4,10H. The molecule has 17 heavy (non-hydrogen) atoms. The highest BCUT2D eigenvalue weighted by molar-refractivity contribution is 14.1. The van der Waals surface area contributed by atoms with E-state index in [2.05, 4.69) is 88.6 Å². The van der Waals surface area contributed by atoms with Crippen molar-refractivity contribution in [3.05, 3.63) is 51.0 Å². The van der Waals surface area contributed by atoms with Crippen LogP contribution in [0.25, 0.3) is 0 Å². The number of alkyl halides is 1. The van der Waals surface area contributed by atoms with Gasteiger partial charge in [-0.15, -0.1) is 22.9 Å². The van der Waals surface area contributed by atoms with Crippen LogP contribution < -0.4 is 0 Å². The van der Waals surface area contributed by atoms with Crippen molar-refractivity contribution in [2.45, 2.75) is 5.38 Å². The second kappa shape index (κ2) is 6.22. The molecule has 90 valence electrons. The van der Waals surface area contributed by atoms with E-state index in [0.29, 0.717) is 0 Å². The third kappa shape index (κ3) is 3.48. The van der Waals surface area contributed by atoms with Crippen molar-refractivity contribution in [3.63, 3.8) is 0 Å². The lowest BCUT2D eigenvalue weighted by Crippen LogP contribution is -1.94. The molecule has 0 bridgehead atoms. The highest BCUT2D eigenvalue weighted by Gasteiger charge is 2.19. The topological polar surface area (TPSA) is 0 Å². The Morgan fingerprint density at radius 2 is 1.82 bits per heavy atom. The molecule has 1 aromatic heterocycles. The van der Waals surface area contributed by atoms with Crippen molar-refractivity contribution in [2.75, 3.05) is 0 Å². The molecule has 0 aliphatic rings. The molecule has 0 fully saturated rings. The van der Waals surface area contributed by atoms with Gasteiger partial charge in [-0.25, -0.2) is 0 Å². The summed E-state index contributed by atoms with van der Waals surface area (Å²) in [6.45, 7) is 0. The predicted molar refractivity (Wildman–Crippen MR) is 94.3 cm³/mol. The largest absolute Gasteiger partial charge is 0.121 e. The van der Waals surface area contributed by atoms with Crippen LogP contribution in [0.4, 0.5) is 0 Å². The molecule has 1 unspecified atom stereocenters. The summed E-state index contributed by atoms with van der Waals surface area (Å²) >= 11 is 21.0. The fourth-order valence-corrected chi connectivity index (χ4v) is 5.98. The number of hydrogen-bond acceptors (Lipinski definition) is 1. The van der Waals surface area contributed by atoms with Gasteiger partial charge in [0.2, 0.25) is 0 Å². The van der Waals surface area contributed by atoms with Crippen molar-refractivity contribution in [1.29, 1.82) is 0 Å². The minimum Gasteiger partial charge on any atom is -0.121 e. The van der Waals surface area contributed by atoms with Crippen molar-refractivity contribution in [1.82, 2.24) is 0 Å². The van der Waals surface area contributed by atoms with E-state index < -0.39 is 0 Å². The van der Waals surface area contributed by atoms with Crippen LogP contribution in [0.5, 0.6) is 0 Å². The van der Waals surface area contributed by atoms with E-state index in [9.17, 15) is 0 Å². The maximum atomic E-state index is 6.55. The molecule has 0 saturated heterocycles. The van der Waals surface area contributed by atoms with Crippen LogP contribution in [0.1, 0.15) is 16.5 Å². The number of halogens is 5. The van der Waals surface area contributed by atoms with Crippen LogP contribution in [-0.2, 0) is 0 Å². The van der Waals surface area contributed by atoms with E-state index in [4.69, 9.17) is 11.6 Å². The molecule has 0 saturated carbocycles. The number of hydrogen-bond donors (Lipinski definition) is 0. The van der Waals surface area contributed by atoms with Gasteiger partial charge in [-0.2, -0.15) is 0 Å². The fraction of sp³-hybridized carbons (Fsp3) is 0.0909. The van der Waals surface area contributed by atoms with Gasteiger partial charge in [-0.1, -0.05) is 15.9 Å². The summed E-state index contributed by atoms with van der Waals surface area (Å²) in [6, 6.07) is 8.23. The Morgan fingerprint density at radius 3 is 2.41 bits per heavy atom. The molecule has 0 spiro atoms. The van der Waals surface area contributed by atoms with Gasteiger partial charge in [-0.3, -0.25) is 0 Å². The molecule has 2 rings (SSSR count). The zero-order chi connectivity index (χ0) is 12.6. The third-order valence-electron chi connectivity index (χ3n) is 2.19. The van der Waals surface area contributed by atoms with Crippen LogP contribution >= 0.6 is 93.3 Å². The Labute approximate surface area is 148 Å².